The van der Waals surface area contributed by atoms with Gasteiger partial charge in [0, 0.05) is 0 Å². The molecule has 0 radical (unpaired) electrons. The Morgan fingerprint density at radius 3 is 2.80 bits per heavy atom. The summed E-state index contributed by atoms with van der Waals surface area (Å²) in [7, 11) is 1.23. The quantitative estimate of drug-likeness (QED) is 0.662. The van der Waals surface area contributed by atoms with Crippen molar-refractivity contribution in [1.82, 2.24) is 0 Å². The van der Waals surface area contributed by atoms with Crippen molar-refractivity contribution in [3.05, 3.63) is 46.5 Å². The second-order valence-electron chi connectivity index (χ2n) is 2.98. The molecule has 0 unspecified atom stereocenters. The van der Waals surface area contributed by atoms with Gasteiger partial charge >= 0.3 is 11.6 Å². The Kier molecular flexibility index (Phi) is 2.25. The van der Waals surface area contributed by atoms with Gasteiger partial charge < -0.3 is 9.15 Å². The summed E-state index contributed by atoms with van der Waals surface area (Å²) in [6.07, 6.45) is 0. The monoisotopic (exact) mass is 204 g/mol. The van der Waals surface area contributed by atoms with Crippen LogP contribution < -0.4 is 5.63 Å². The Hall–Kier alpha value is -2.10. The zero-order chi connectivity index (χ0) is 10.8. The largest absolute Gasteiger partial charge is 0.463 e. The van der Waals surface area contributed by atoms with Gasteiger partial charge in [-0.2, -0.15) is 0 Å². The van der Waals surface area contributed by atoms with Gasteiger partial charge in [0.15, 0.2) is 0 Å². The maximum Gasteiger partial charge on any atom is 0.374 e. The highest BCUT2D eigenvalue weighted by Crippen LogP contribution is 2.11. The maximum atomic E-state index is 11.4. The SMILES string of the molecule is COC(=O)c1cc2ccccc2c(=O)o1. The molecule has 4 heteroatoms. The van der Waals surface area contributed by atoms with Gasteiger partial charge in [0.1, 0.15) is 0 Å². The van der Waals surface area contributed by atoms with Crippen molar-refractivity contribution >= 4 is 16.7 Å². The van der Waals surface area contributed by atoms with Gasteiger partial charge in [-0.05, 0) is 17.5 Å². The summed E-state index contributed by atoms with van der Waals surface area (Å²) >= 11 is 0. The Labute approximate surface area is 85.1 Å². The molecule has 2 aromatic rings. The minimum Gasteiger partial charge on any atom is -0.463 e. The lowest BCUT2D eigenvalue weighted by molar-refractivity contribution is 0.0560. The van der Waals surface area contributed by atoms with Crippen LogP contribution in [0.4, 0.5) is 0 Å². The van der Waals surface area contributed by atoms with Crippen LogP contribution in [0.2, 0.25) is 0 Å². The molecule has 76 valence electrons. The number of ether oxygens (including phenoxy) is 1. The fraction of sp³-hybridized carbons (Fsp3) is 0.0909. The number of rotatable bonds is 1. The average Bonchev–Trinajstić information content (AvgIpc) is 2.28. The molecule has 0 aliphatic carbocycles. The van der Waals surface area contributed by atoms with Crippen LogP contribution in [0.1, 0.15) is 10.6 Å². The topological polar surface area (TPSA) is 56.5 Å². The predicted molar refractivity (Wildman–Crippen MR) is 53.8 cm³/mol. The molecule has 1 heterocycles. The molecule has 0 saturated carbocycles. The zero-order valence-corrected chi connectivity index (χ0v) is 8.02. The summed E-state index contributed by atoms with van der Waals surface area (Å²) < 4.78 is 9.28. The van der Waals surface area contributed by atoms with E-state index in [1.54, 1.807) is 24.3 Å². The summed E-state index contributed by atoms with van der Waals surface area (Å²) in [4.78, 5) is 22.6. The summed E-state index contributed by atoms with van der Waals surface area (Å²) in [6.45, 7) is 0. The molecule has 0 bridgehead atoms. The standard InChI is InChI=1S/C11H8O4/c1-14-11(13)9-6-7-4-2-3-5-8(7)10(12)15-9/h2-6H,1H3. The van der Waals surface area contributed by atoms with Crippen molar-refractivity contribution in [2.45, 2.75) is 0 Å². The molecular formula is C11H8O4. The molecule has 0 saturated heterocycles. The molecule has 0 fully saturated rings. The summed E-state index contributed by atoms with van der Waals surface area (Å²) in [6, 6.07) is 8.38. The Bertz CT molecular complexity index is 568. The first-order chi connectivity index (χ1) is 7.22. The van der Waals surface area contributed by atoms with Gasteiger partial charge in [-0.1, -0.05) is 18.2 Å². The third kappa shape index (κ3) is 1.61. The van der Waals surface area contributed by atoms with Crippen LogP contribution in [0.5, 0.6) is 0 Å². The van der Waals surface area contributed by atoms with Gasteiger partial charge in [-0.15, -0.1) is 0 Å². The Morgan fingerprint density at radius 2 is 2.07 bits per heavy atom. The number of carbonyl (C=O) groups excluding carboxylic acids is 1. The van der Waals surface area contributed by atoms with E-state index >= 15 is 0 Å². The molecule has 15 heavy (non-hydrogen) atoms. The first-order valence-corrected chi connectivity index (χ1v) is 4.33. The van der Waals surface area contributed by atoms with Crippen molar-refractivity contribution < 1.29 is 13.9 Å². The van der Waals surface area contributed by atoms with E-state index in [0.29, 0.717) is 10.8 Å². The zero-order valence-electron chi connectivity index (χ0n) is 8.02. The fourth-order valence-corrected chi connectivity index (χ4v) is 1.34. The summed E-state index contributed by atoms with van der Waals surface area (Å²) in [5, 5.41) is 1.11. The first kappa shape index (κ1) is 9.45. The third-order valence-electron chi connectivity index (χ3n) is 2.06. The number of fused-ring (bicyclic) bond motifs is 1. The molecule has 0 atom stereocenters. The van der Waals surface area contributed by atoms with Gasteiger partial charge in [0.25, 0.3) is 0 Å². The molecule has 1 aromatic heterocycles. The van der Waals surface area contributed by atoms with Gasteiger partial charge in [-0.25, -0.2) is 9.59 Å². The highest BCUT2D eigenvalue weighted by atomic mass is 16.5. The minimum atomic E-state index is -0.655. The lowest BCUT2D eigenvalue weighted by atomic mass is 10.2. The second-order valence-corrected chi connectivity index (χ2v) is 2.98. The summed E-state index contributed by atoms with van der Waals surface area (Å²) in [5.74, 6) is -0.737. The molecule has 0 spiro atoms. The van der Waals surface area contributed by atoms with E-state index in [1.807, 2.05) is 0 Å². The van der Waals surface area contributed by atoms with Crippen LogP contribution in [0, 0.1) is 0 Å². The number of benzene rings is 1. The molecular weight excluding hydrogens is 196 g/mol. The normalized spacial score (nSPS) is 10.2. The maximum absolute atomic E-state index is 11.4. The van der Waals surface area contributed by atoms with E-state index in [4.69, 9.17) is 4.42 Å². The lowest BCUT2D eigenvalue weighted by Crippen LogP contribution is -2.08. The summed E-state index contributed by atoms with van der Waals surface area (Å²) in [5.41, 5.74) is -0.534. The van der Waals surface area contributed by atoms with Crippen molar-refractivity contribution in [1.29, 1.82) is 0 Å². The fourth-order valence-electron chi connectivity index (χ4n) is 1.34. The number of methoxy groups -OCH3 is 1. The first-order valence-electron chi connectivity index (χ1n) is 4.33. The molecule has 1 aromatic carbocycles. The van der Waals surface area contributed by atoms with Crippen molar-refractivity contribution in [2.75, 3.05) is 7.11 Å². The third-order valence-corrected chi connectivity index (χ3v) is 2.06. The number of carbonyl (C=O) groups is 1. The molecule has 4 nitrogen and oxygen atoms in total. The van der Waals surface area contributed by atoms with Crippen molar-refractivity contribution in [2.24, 2.45) is 0 Å². The van der Waals surface area contributed by atoms with Crippen LogP contribution in [0.3, 0.4) is 0 Å². The van der Waals surface area contributed by atoms with Gasteiger partial charge in [-0.3, -0.25) is 0 Å². The Morgan fingerprint density at radius 1 is 1.33 bits per heavy atom. The Balaban J connectivity index is 2.73. The van der Waals surface area contributed by atoms with Crippen molar-refractivity contribution in [3.63, 3.8) is 0 Å². The van der Waals surface area contributed by atoms with Crippen LogP contribution in [-0.2, 0) is 4.74 Å². The van der Waals surface area contributed by atoms with Crippen LogP contribution in [0.15, 0.2) is 39.5 Å². The van der Waals surface area contributed by atoms with Crippen LogP contribution in [-0.4, -0.2) is 13.1 Å². The number of esters is 1. The highest BCUT2D eigenvalue weighted by molar-refractivity contribution is 5.91. The van der Waals surface area contributed by atoms with Crippen LogP contribution in [0.25, 0.3) is 10.8 Å². The highest BCUT2D eigenvalue weighted by Gasteiger charge is 2.11. The minimum absolute atomic E-state index is 0.0822. The van der Waals surface area contributed by atoms with Crippen LogP contribution >= 0.6 is 0 Å². The van der Waals surface area contributed by atoms with E-state index < -0.39 is 11.6 Å². The second kappa shape index (κ2) is 3.57. The van der Waals surface area contributed by atoms with E-state index in [1.165, 1.54) is 13.2 Å². The number of hydrogen-bond acceptors (Lipinski definition) is 4. The van der Waals surface area contributed by atoms with E-state index in [-0.39, 0.29) is 5.76 Å². The smallest absolute Gasteiger partial charge is 0.374 e. The van der Waals surface area contributed by atoms with Crippen molar-refractivity contribution in [3.8, 4) is 0 Å². The van der Waals surface area contributed by atoms with E-state index in [0.717, 1.165) is 0 Å². The molecule has 0 N–H and O–H groups in total. The number of hydrogen-bond donors (Lipinski definition) is 0. The molecule has 0 aliphatic rings. The van der Waals surface area contributed by atoms with E-state index in [9.17, 15) is 9.59 Å². The predicted octanol–water partition coefficient (Wildman–Crippen LogP) is 1.58. The lowest BCUT2D eigenvalue weighted by Gasteiger charge is -1.99. The van der Waals surface area contributed by atoms with Gasteiger partial charge in [0.05, 0.1) is 12.5 Å². The van der Waals surface area contributed by atoms with Gasteiger partial charge in [0.2, 0.25) is 5.76 Å². The molecule has 0 amide bonds. The molecule has 0 aliphatic heterocycles. The molecule has 2 rings (SSSR count). The van der Waals surface area contributed by atoms with E-state index in [2.05, 4.69) is 4.74 Å². The average molecular weight is 204 g/mol.